The molecule has 0 atom stereocenters. The minimum absolute atomic E-state index is 0.258. The fraction of sp³-hybridized carbons (Fsp3) is 0.238. The molecular weight excluding hydrogens is 314 g/mol. The molecule has 0 saturated heterocycles. The van der Waals surface area contributed by atoms with Crippen LogP contribution in [0.3, 0.4) is 0 Å². The van der Waals surface area contributed by atoms with Crippen molar-refractivity contribution < 1.29 is 14.6 Å². The fourth-order valence-electron chi connectivity index (χ4n) is 2.88. The van der Waals surface area contributed by atoms with Crippen molar-refractivity contribution in [3.63, 3.8) is 0 Å². The van der Waals surface area contributed by atoms with E-state index in [4.69, 9.17) is 4.74 Å². The summed E-state index contributed by atoms with van der Waals surface area (Å²) in [5, 5.41) is 10.4. The lowest BCUT2D eigenvalue weighted by Gasteiger charge is -2.13. The van der Waals surface area contributed by atoms with Gasteiger partial charge in [0.1, 0.15) is 5.75 Å². The summed E-state index contributed by atoms with van der Waals surface area (Å²) in [6.45, 7) is 6.62. The molecule has 3 rings (SSSR count). The molecule has 0 saturated carbocycles. The zero-order chi connectivity index (χ0) is 18.0. The summed E-state index contributed by atoms with van der Waals surface area (Å²) in [4.78, 5) is 16.5. The summed E-state index contributed by atoms with van der Waals surface area (Å²) < 4.78 is 5.67. The number of hydrogen-bond acceptors (Lipinski definition) is 3. The molecule has 0 aliphatic rings. The van der Waals surface area contributed by atoms with Crippen LogP contribution in [0.4, 0.5) is 0 Å². The van der Waals surface area contributed by atoms with Crippen molar-refractivity contribution in [3.8, 4) is 17.0 Å². The Labute approximate surface area is 147 Å². The van der Waals surface area contributed by atoms with E-state index in [2.05, 4.69) is 18.8 Å². The van der Waals surface area contributed by atoms with Crippen LogP contribution in [0.25, 0.3) is 22.2 Å². The number of aromatic nitrogens is 1. The summed E-state index contributed by atoms with van der Waals surface area (Å²) in [6, 6.07) is 15.0. The quantitative estimate of drug-likeness (QED) is 0.703. The number of hydrogen-bond donors (Lipinski definition) is 1. The third-order valence-electron chi connectivity index (χ3n) is 4.19. The van der Waals surface area contributed by atoms with Crippen LogP contribution in [0.15, 0.2) is 48.5 Å². The third-order valence-corrected chi connectivity index (χ3v) is 4.19. The average Bonchev–Trinajstić information content (AvgIpc) is 2.60. The van der Waals surface area contributed by atoms with Crippen LogP contribution >= 0.6 is 0 Å². The lowest BCUT2D eigenvalue weighted by Crippen LogP contribution is -2.02. The first-order valence-corrected chi connectivity index (χ1v) is 8.41. The summed E-state index contributed by atoms with van der Waals surface area (Å²) >= 11 is 0. The third kappa shape index (κ3) is 3.33. The smallest absolute Gasteiger partial charge is 0.336 e. The second kappa shape index (κ2) is 6.93. The molecule has 3 aromatic rings. The fourth-order valence-corrected chi connectivity index (χ4v) is 2.88. The number of nitrogens with zero attached hydrogens (tertiary/aromatic N) is 1. The average molecular weight is 335 g/mol. The molecule has 4 heteroatoms. The normalized spacial score (nSPS) is 11.0. The van der Waals surface area contributed by atoms with Gasteiger partial charge in [0.2, 0.25) is 0 Å². The highest BCUT2D eigenvalue weighted by Gasteiger charge is 2.16. The van der Waals surface area contributed by atoms with Crippen LogP contribution in [-0.2, 0) is 0 Å². The van der Waals surface area contributed by atoms with Gasteiger partial charge in [-0.25, -0.2) is 9.78 Å². The molecule has 0 aliphatic heterocycles. The topological polar surface area (TPSA) is 59.4 Å². The van der Waals surface area contributed by atoms with Crippen molar-refractivity contribution in [3.05, 3.63) is 59.7 Å². The predicted molar refractivity (Wildman–Crippen MR) is 99.4 cm³/mol. The first-order chi connectivity index (χ1) is 12.0. The van der Waals surface area contributed by atoms with Crippen molar-refractivity contribution in [1.29, 1.82) is 0 Å². The van der Waals surface area contributed by atoms with Crippen LogP contribution in [-0.4, -0.2) is 22.7 Å². The molecule has 0 radical (unpaired) electrons. The number of para-hydroxylation sites is 1. The predicted octanol–water partition coefficient (Wildman–Crippen LogP) is 5.12. The number of carboxylic acid groups (broad SMARTS) is 1. The second-order valence-corrected chi connectivity index (χ2v) is 6.22. The Balaban J connectivity index is 2.25. The number of carboxylic acids is 1. The Morgan fingerprint density at radius 1 is 1.16 bits per heavy atom. The van der Waals surface area contributed by atoms with Gasteiger partial charge in [-0.05, 0) is 48.7 Å². The Bertz CT molecular complexity index is 932. The van der Waals surface area contributed by atoms with E-state index < -0.39 is 5.97 Å². The number of ether oxygens (including phenoxy) is 1. The summed E-state index contributed by atoms with van der Waals surface area (Å²) in [5.41, 5.74) is 3.42. The van der Waals surface area contributed by atoms with E-state index in [0.717, 1.165) is 11.1 Å². The van der Waals surface area contributed by atoms with Crippen LogP contribution in [0.2, 0.25) is 0 Å². The van der Waals surface area contributed by atoms with Gasteiger partial charge in [0.05, 0.1) is 23.4 Å². The van der Waals surface area contributed by atoms with Crippen LogP contribution in [0.1, 0.15) is 42.6 Å². The van der Waals surface area contributed by atoms with Crippen molar-refractivity contribution in [1.82, 2.24) is 4.98 Å². The molecule has 2 aromatic carbocycles. The molecule has 0 spiro atoms. The molecule has 1 heterocycles. The largest absolute Gasteiger partial charge is 0.493 e. The van der Waals surface area contributed by atoms with E-state index in [9.17, 15) is 9.90 Å². The number of aromatic carboxylic acids is 1. The van der Waals surface area contributed by atoms with E-state index in [1.807, 2.05) is 49.4 Å². The van der Waals surface area contributed by atoms with Gasteiger partial charge in [-0.3, -0.25) is 0 Å². The van der Waals surface area contributed by atoms with E-state index >= 15 is 0 Å². The molecule has 0 aliphatic carbocycles. The SMILES string of the molecule is CCOc1ccccc1-c1cc(C(=O)O)c2cc(C(C)C)ccc2n1. The number of pyridine rings is 1. The summed E-state index contributed by atoms with van der Waals surface area (Å²) in [7, 11) is 0. The van der Waals surface area contributed by atoms with E-state index in [-0.39, 0.29) is 5.56 Å². The van der Waals surface area contributed by atoms with Crippen molar-refractivity contribution in [2.45, 2.75) is 26.7 Å². The lowest BCUT2D eigenvalue weighted by molar-refractivity contribution is 0.0699. The lowest BCUT2D eigenvalue weighted by atomic mass is 9.97. The molecule has 1 aromatic heterocycles. The van der Waals surface area contributed by atoms with Crippen molar-refractivity contribution in [2.24, 2.45) is 0 Å². The molecule has 128 valence electrons. The second-order valence-electron chi connectivity index (χ2n) is 6.22. The number of benzene rings is 2. The van der Waals surface area contributed by atoms with Gasteiger partial charge < -0.3 is 9.84 Å². The van der Waals surface area contributed by atoms with Crippen LogP contribution < -0.4 is 4.74 Å². The number of fused-ring (bicyclic) bond motifs is 1. The molecule has 0 bridgehead atoms. The molecule has 4 nitrogen and oxygen atoms in total. The van der Waals surface area contributed by atoms with Gasteiger partial charge in [-0.1, -0.05) is 32.0 Å². The Kier molecular flexibility index (Phi) is 4.70. The van der Waals surface area contributed by atoms with Crippen molar-refractivity contribution in [2.75, 3.05) is 6.61 Å². The van der Waals surface area contributed by atoms with E-state index in [1.165, 1.54) is 0 Å². The zero-order valence-electron chi connectivity index (χ0n) is 14.6. The molecule has 0 unspecified atom stereocenters. The highest BCUT2D eigenvalue weighted by Crippen LogP contribution is 2.32. The summed E-state index contributed by atoms with van der Waals surface area (Å²) in [5.74, 6) is 0.0693. The van der Waals surface area contributed by atoms with Crippen molar-refractivity contribution >= 4 is 16.9 Å². The Morgan fingerprint density at radius 2 is 1.92 bits per heavy atom. The maximum Gasteiger partial charge on any atom is 0.336 e. The highest BCUT2D eigenvalue weighted by molar-refractivity contribution is 6.04. The monoisotopic (exact) mass is 335 g/mol. The van der Waals surface area contributed by atoms with Gasteiger partial charge in [-0.15, -0.1) is 0 Å². The van der Waals surface area contributed by atoms with Gasteiger partial charge in [0.15, 0.2) is 0 Å². The zero-order valence-corrected chi connectivity index (χ0v) is 14.6. The first kappa shape index (κ1) is 17.0. The molecule has 1 N–H and O–H groups in total. The molecule has 25 heavy (non-hydrogen) atoms. The highest BCUT2D eigenvalue weighted by atomic mass is 16.5. The molecular formula is C21H21NO3. The van der Waals surface area contributed by atoms with E-state index in [1.54, 1.807) is 6.07 Å². The Morgan fingerprint density at radius 3 is 2.60 bits per heavy atom. The first-order valence-electron chi connectivity index (χ1n) is 8.41. The number of rotatable bonds is 5. The standard InChI is InChI=1S/C21H21NO3/c1-4-25-20-8-6-5-7-15(20)19-12-17(21(23)24)16-11-14(13(2)3)9-10-18(16)22-19/h5-13H,4H2,1-3H3,(H,23,24). The minimum Gasteiger partial charge on any atom is -0.493 e. The van der Waals surface area contributed by atoms with Gasteiger partial charge >= 0.3 is 5.97 Å². The van der Waals surface area contributed by atoms with Crippen LogP contribution in [0.5, 0.6) is 5.75 Å². The van der Waals surface area contributed by atoms with Gasteiger partial charge in [-0.2, -0.15) is 0 Å². The van der Waals surface area contributed by atoms with Crippen LogP contribution in [0, 0.1) is 0 Å². The molecule has 0 fully saturated rings. The van der Waals surface area contributed by atoms with Gasteiger partial charge in [0.25, 0.3) is 0 Å². The maximum absolute atomic E-state index is 11.8. The molecule has 0 amide bonds. The number of carbonyl (C=O) groups is 1. The summed E-state index contributed by atoms with van der Waals surface area (Å²) in [6.07, 6.45) is 0. The maximum atomic E-state index is 11.8. The minimum atomic E-state index is -0.955. The van der Waals surface area contributed by atoms with E-state index in [0.29, 0.717) is 34.9 Å². The van der Waals surface area contributed by atoms with Gasteiger partial charge in [0, 0.05) is 10.9 Å². The Hall–Kier alpha value is -2.88.